The molecular formula is C12H17FN2O3. The minimum absolute atomic E-state index is 0.0363. The molecule has 0 spiro atoms. The fourth-order valence-electron chi connectivity index (χ4n) is 1.86. The van der Waals surface area contributed by atoms with Crippen molar-refractivity contribution in [3.8, 4) is 0 Å². The molecule has 0 unspecified atom stereocenters. The number of rotatable bonds is 5. The van der Waals surface area contributed by atoms with Crippen LogP contribution in [-0.4, -0.2) is 34.1 Å². The molecule has 1 aromatic rings. The van der Waals surface area contributed by atoms with Crippen molar-refractivity contribution in [3.05, 3.63) is 39.7 Å². The summed E-state index contributed by atoms with van der Waals surface area (Å²) >= 11 is 0. The fourth-order valence-corrected chi connectivity index (χ4v) is 1.86. The Kier molecular flexibility index (Phi) is 4.37. The van der Waals surface area contributed by atoms with Crippen molar-refractivity contribution in [3.63, 3.8) is 0 Å². The summed E-state index contributed by atoms with van der Waals surface area (Å²) in [6.07, 6.45) is 0. The smallest absolute Gasteiger partial charge is 0.276 e. The molecule has 5 nitrogen and oxygen atoms in total. The number of aliphatic hydroxyl groups is 1. The van der Waals surface area contributed by atoms with Crippen LogP contribution in [0.15, 0.2) is 18.2 Å². The van der Waals surface area contributed by atoms with Gasteiger partial charge in [0, 0.05) is 19.2 Å². The van der Waals surface area contributed by atoms with Crippen LogP contribution in [0.3, 0.4) is 0 Å². The molecule has 0 heterocycles. The Hall–Kier alpha value is -1.53. The number of nitro groups is 1. The van der Waals surface area contributed by atoms with Crippen molar-refractivity contribution in [1.82, 2.24) is 4.90 Å². The first kappa shape index (κ1) is 14.5. The minimum atomic E-state index is -0.936. The lowest BCUT2D eigenvalue weighted by atomic mass is 10.1. The molecule has 0 aliphatic heterocycles. The summed E-state index contributed by atoms with van der Waals surface area (Å²) < 4.78 is 13.6. The van der Waals surface area contributed by atoms with Gasteiger partial charge >= 0.3 is 0 Å². The topological polar surface area (TPSA) is 66.6 Å². The van der Waals surface area contributed by atoms with Gasteiger partial charge in [0.2, 0.25) is 0 Å². The largest absolute Gasteiger partial charge is 0.389 e. The second-order valence-electron chi connectivity index (χ2n) is 4.98. The van der Waals surface area contributed by atoms with Gasteiger partial charge in [0.15, 0.2) is 0 Å². The third-order valence-corrected chi connectivity index (χ3v) is 2.38. The van der Waals surface area contributed by atoms with Gasteiger partial charge in [0.25, 0.3) is 5.69 Å². The van der Waals surface area contributed by atoms with E-state index in [9.17, 15) is 19.6 Å². The molecular weight excluding hydrogens is 239 g/mol. The van der Waals surface area contributed by atoms with Gasteiger partial charge in [-0.1, -0.05) is 6.07 Å². The minimum Gasteiger partial charge on any atom is -0.389 e. The zero-order valence-electron chi connectivity index (χ0n) is 10.7. The van der Waals surface area contributed by atoms with E-state index in [-0.39, 0.29) is 17.8 Å². The number of nitro benzene ring substituents is 1. The Morgan fingerprint density at radius 2 is 2.11 bits per heavy atom. The van der Waals surface area contributed by atoms with Crippen LogP contribution in [0.5, 0.6) is 0 Å². The molecule has 0 atom stereocenters. The molecule has 1 N–H and O–H groups in total. The maximum absolute atomic E-state index is 13.6. The predicted molar refractivity (Wildman–Crippen MR) is 65.7 cm³/mol. The lowest BCUT2D eigenvalue weighted by Crippen LogP contribution is -2.36. The van der Waals surface area contributed by atoms with Gasteiger partial charge in [0.05, 0.1) is 16.1 Å². The van der Waals surface area contributed by atoms with E-state index in [1.165, 1.54) is 18.2 Å². The van der Waals surface area contributed by atoms with Crippen LogP contribution in [0, 0.1) is 15.9 Å². The van der Waals surface area contributed by atoms with E-state index in [0.29, 0.717) is 6.54 Å². The Balaban J connectivity index is 2.93. The standard InChI is InChI=1S/C12H17FN2O3/c1-12(2,16)8-14(3)7-9-10(13)5-4-6-11(9)15(17)18/h4-6,16H,7-8H2,1-3H3. The van der Waals surface area contributed by atoms with Gasteiger partial charge in [-0.2, -0.15) is 0 Å². The highest BCUT2D eigenvalue weighted by molar-refractivity contribution is 5.40. The molecule has 18 heavy (non-hydrogen) atoms. The van der Waals surface area contributed by atoms with Gasteiger partial charge in [-0.15, -0.1) is 0 Å². The van der Waals surface area contributed by atoms with Crippen molar-refractivity contribution in [2.45, 2.75) is 26.0 Å². The molecule has 100 valence electrons. The fraction of sp³-hybridized carbons (Fsp3) is 0.500. The van der Waals surface area contributed by atoms with Crippen molar-refractivity contribution in [1.29, 1.82) is 0 Å². The molecule has 0 saturated carbocycles. The summed E-state index contributed by atoms with van der Waals surface area (Å²) in [7, 11) is 1.67. The van der Waals surface area contributed by atoms with E-state index in [1.54, 1.807) is 25.8 Å². The Bertz CT molecular complexity index is 443. The third kappa shape index (κ3) is 4.05. The summed E-state index contributed by atoms with van der Waals surface area (Å²) in [6, 6.07) is 3.78. The number of benzene rings is 1. The van der Waals surface area contributed by atoms with Crippen molar-refractivity contribution in [2.75, 3.05) is 13.6 Å². The molecule has 0 amide bonds. The van der Waals surface area contributed by atoms with Gasteiger partial charge < -0.3 is 5.11 Å². The van der Waals surface area contributed by atoms with Crippen LogP contribution >= 0.6 is 0 Å². The van der Waals surface area contributed by atoms with Crippen LogP contribution in [0.1, 0.15) is 19.4 Å². The number of nitrogens with zero attached hydrogens (tertiary/aromatic N) is 2. The lowest BCUT2D eigenvalue weighted by molar-refractivity contribution is -0.386. The molecule has 1 aromatic carbocycles. The second-order valence-corrected chi connectivity index (χ2v) is 4.98. The summed E-state index contributed by atoms with van der Waals surface area (Å²) in [5, 5.41) is 20.5. The quantitative estimate of drug-likeness (QED) is 0.645. The average molecular weight is 256 g/mol. The number of likely N-dealkylation sites (N-methyl/N-ethyl adjacent to an activating group) is 1. The molecule has 1 rings (SSSR count). The molecule has 0 aliphatic rings. The van der Waals surface area contributed by atoms with E-state index in [4.69, 9.17) is 0 Å². The first-order valence-corrected chi connectivity index (χ1v) is 5.53. The molecule has 0 aliphatic carbocycles. The maximum Gasteiger partial charge on any atom is 0.276 e. The SMILES string of the molecule is CN(Cc1c(F)cccc1[N+](=O)[O-])CC(C)(C)O. The summed E-state index contributed by atoms with van der Waals surface area (Å²) in [5.74, 6) is -0.605. The van der Waals surface area contributed by atoms with Crippen LogP contribution < -0.4 is 0 Å². The number of hydrogen-bond donors (Lipinski definition) is 1. The average Bonchev–Trinajstić information content (AvgIpc) is 2.17. The summed E-state index contributed by atoms with van der Waals surface area (Å²) in [4.78, 5) is 11.9. The van der Waals surface area contributed by atoms with Crippen molar-refractivity contribution >= 4 is 5.69 Å². The van der Waals surface area contributed by atoms with Gasteiger partial charge in [-0.25, -0.2) is 4.39 Å². The van der Waals surface area contributed by atoms with Crippen molar-refractivity contribution in [2.24, 2.45) is 0 Å². The molecule has 0 aromatic heterocycles. The highest BCUT2D eigenvalue weighted by atomic mass is 19.1. The van der Waals surface area contributed by atoms with Gasteiger partial charge in [0.1, 0.15) is 5.82 Å². The van der Waals surface area contributed by atoms with E-state index in [0.717, 1.165) is 0 Å². The van der Waals surface area contributed by atoms with Crippen LogP contribution in [-0.2, 0) is 6.54 Å². The van der Waals surface area contributed by atoms with Crippen LogP contribution in [0.2, 0.25) is 0 Å². The zero-order chi connectivity index (χ0) is 13.9. The van der Waals surface area contributed by atoms with Crippen LogP contribution in [0.25, 0.3) is 0 Å². The van der Waals surface area contributed by atoms with E-state index in [1.807, 2.05) is 0 Å². The second kappa shape index (κ2) is 5.41. The molecule has 0 saturated heterocycles. The maximum atomic E-state index is 13.6. The predicted octanol–water partition coefficient (Wildman–Crippen LogP) is 1.94. The van der Waals surface area contributed by atoms with Gasteiger partial charge in [-0.3, -0.25) is 15.0 Å². The highest BCUT2D eigenvalue weighted by Crippen LogP contribution is 2.23. The Morgan fingerprint density at radius 3 is 2.61 bits per heavy atom. The molecule has 0 bridgehead atoms. The third-order valence-electron chi connectivity index (χ3n) is 2.38. The van der Waals surface area contributed by atoms with Crippen LogP contribution in [0.4, 0.5) is 10.1 Å². The van der Waals surface area contributed by atoms with E-state index < -0.39 is 16.3 Å². The number of hydrogen-bond acceptors (Lipinski definition) is 4. The summed E-state index contributed by atoms with van der Waals surface area (Å²) in [5.41, 5.74) is -1.14. The molecule has 0 radical (unpaired) electrons. The molecule has 6 heteroatoms. The first-order chi connectivity index (χ1) is 8.20. The summed E-state index contributed by atoms with van der Waals surface area (Å²) in [6.45, 7) is 3.62. The van der Waals surface area contributed by atoms with E-state index in [2.05, 4.69) is 0 Å². The number of halogens is 1. The highest BCUT2D eigenvalue weighted by Gasteiger charge is 2.22. The molecule has 0 fully saturated rings. The van der Waals surface area contributed by atoms with Crippen molar-refractivity contribution < 1.29 is 14.4 Å². The monoisotopic (exact) mass is 256 g/mol. The zero-order valence-corrected chi connectivity index (χ0v) is 10.7. The Morgan fingerprint density at radius 1 is 1.50 bits per heavy atom. The lowest BCUT2D eigenvalue weighted by Gasteiger charge is -2.25. The van der Waals surface area contributed by atoms with E-state index >= 15 is 0 Å². The van der Waals surface area contributed by atoms with Gasteiger partial charge in [-0.05, 0) is 27.0 Å². The Labute approximate surface area is 105 Å². The normalized spacial score (nSPS) is 11.9. The first-order valence-electron chi connectivity index (χ1n) is 5.53.